The molecule has 3 nitrogen and oxygen atoms in total. The SMILES string of the molecule is Cc1ccc(C2=NN3c4ccccc4OCC3C2)cc1. The second kappa shape index (κ2) is 4.37. The summed E-state index contributed by atoms with van der Waals surface area (Å²) in [7, 11) is 0. The Morgan fingerprint density at radius 1 is 1.10 bits per heavy atom. The quantitative estimate of drug-likeness (QED) is 0.789. The summed E-state index contributed by atoms with van der Waals surface area (Å²) in [6.45, 7) is 2.81. The summed E-state index contributed by atoms with van der Waals surface area (Å²) in [5, 5.41) is 6.94. The highest BCUT2D eigenvalue weighted by atomic mass is 16.5. The number of aryl methyl sites for hydroxylation is 1. The number of rotatable bonds is 1. The molecule has 2 aromatic carbocycles. The van der Waals surface area contributed by atoms with Crippen LogP contribution in [0.4, 0.5) is 5.69 Å². The van der Waals surface area contributed by atoms with Gasteiger partial charge in [-0.05, 0) is 24.6 Å². The zero-order valence-electron chi connectivity index (χ0n) is 11.4. The van der Waals surface area contributed by atoms with Crippen molar-refractivity contribution < 1.29 is 4.74 Å². The molecule has 0 bridgehead atoms. The molecule has 2 heterocycles. The normalized spacial score (nSPS) is 19.9. The fourth-order valence-corrected chi connectivity index (χ4v) is 2.82. The van der Waals surface area contributed by atoms with Crippen LogP contribution < -0.4 is 9.75 Å². The Labute approximate surface area is 118 Å². The van der Waals surface area contributed by atoms with E-state index in [2.05, 4.69) is 42.3 Å². The van der Waals surface area contributed by atoms with Gasteiger partial charge in [0.2, 0.25) is 0 Å². The van der Waals surface area contributed by atoms with E-state index < -0.39 is 0 Å². The monoisotopic (exact) mass is 264 g/mol. The predicted octanol–water partition coefficient (Wildman–Crippen LogP) is 3.37. The van der Waals surface area contributed by atoms with Gasteiger partial charge in [0.05, 0.1) is 11.8 Å². The average Bonchev–Trinajstić information content (AvgIpc) is 2.92. The fourth-order valence-electron chi connectivity index (χ4n) is 2.82. The minimum atomic E-state index is 0.321. The number of hydrazone groups is 1. The van der Waals surface area contributed by atoms with Crippen molar-refractivity contribution in [2.24, 2.45) is 5.10 Å². The molecule has 1 atom stereocenters. The van der Waals surface area contributed by atoms with E-state index in [0.717, 1.165) is 23.6 Å². The van der Waals surface area contributed by atoms with Crippen LogP contribution in [0.3, 0.4) is 0 Å². The Balaban J connectivity index is 1.72. The zero-order valence-corrected chi connectivity index (χ0v) is 11.4. The summed E-state index contributed by atoms with van der Waals surface area (Å²) in [5.74, 6) is 0.928. The maximum atomic E-state index is 5.83. The highest BCUT2D eigenvalue weighted by Crippen LogP contribution is 2.37. The minimum absolute atomic E-state index is 0.321. The molecule has 0 N–H and O–H groups in total. The van der Waals surface area contributed by atoms with Crippen LogP contribution in [0.25, 0.3) is 0 Å². The number of ether oxygens (including phenoxy) is 1. The Kier molecular flexibility index (Phi) is 2.52. The number of hydrogen-bond donors (Lipinski definition) is 0. The third-order valence-corrected chi connectivity index (χ3v) is 3.93. The molecule has 2 aromatic rings. The molecule has 0 spiro atoms. The standard InChI is InChI=1S/C17H16N2O/c1-12-6-8-13(9-7-12)15-10-14-11-20-17-5-3-2-4-16(17)19(14)18-15/h2-9,14H,10-11H2,1H3. The first-order valence-electron chi connectivity index (χ1n) is 6.97. The first-order chi connectivity index (χ1) is 9.81. The van der Waals surface area contributed by atoms with E-state index in [4.69, 9.17) is 9.84 Å². The third kappa shape index (κ3) is 1.78. The highest BCUT2D eigenvalue weighted by Gasteiger charge is 2.33. The average molecular weight is 264 g/mol. The highest BCUT2D eigenvalue weighted by molar-refractivity contribution is 6.03. The van der Waals surface area contributed by atoms with Gasteiger partial charge in [-0.25, -0.2) is 0 Å². The van der Waals surface area contributed by atoms with Crippen LogP contribution in [0.1, 0.15) is 17.5 Å². The van der Waals surface area contributed by atoms with Crippen molar-refractivity contribution in [1.29, 1.82) is 0 Å². The van der Waals surface area contributed by atoms with Crippen molar-refractivity contribution in [2.75, 3.05) is 11.6 Å². The number of nitrogens with zero attached hydrogens (tertiary/aromatic N) is 2. The van der Waals surface area contributed by atoms with Gasteiger partial charge >= 0.3 is 0 Å². The van der Waals surface area contributed by atoms with Crippen LogP contribution in [0.15, 0.2) is 53.6 Å². The van der Waals surface area contributed by atoms with Crippen LogP contribution >= 0.6 is 0 Å². The fraction of sp³-hybridized carbons (Fsp3) is 0.235. The van der Waals surface area contributed by atoms with E-state index in [1.54, 1.807) is 0 Å². The van der Waals surface area contributed by atoms with Gasteiger partial charge in [-0.3, -0.25) is 5.01 Å². The van der Waals surface area contributed by atoms with Gasteiger partial charge < -0.3 is 4.74 Å². The molecule has 0 aromatic heterocycles. The first-order valence-corrected chi connectivity index (χ1v) is 6.97. The zero-order chi connectivity index (χ0) is 13.5. The number of hydrogen-bond acceptors (Lipinski definition) is 3. The van der Waals surface area contributed by atoms with Gasteiger partial charge in [-0.2, -0.15) is 5.10 Å². The summed E-state index contributed by atoms with van der Waals surface area (Å²) in [5.41, 5.74) is 4.71. The van der Waals surface area contributed by atoms with Crippen molar-refractivity contribution in [3.05, 3.63) is 59.7 Å². The Morgan fingerprint density at radius 2 is 1.90 bits per heavy atom. The molecule has 0 aliphatic carbocycles. The molecular weight excluding hydrogens is 248 g/mol. The van der Waals surface area contributed by atoms with E-state index >= 15 is 0 Å². The lowest BCUT2D eigenvalue weighted by Gasteiger charge is -2.30. The Bertz CT molecular complexity index is 676. The van der Waals surface area contributed by atoms with Gasteiger partial charge in [-0.15, -0.1) is 0 Å². The number of benzene rings is 2. The molecule has 2 aliphatic rings. The second-order valence-corrected chi connectivity index (χ2v) is 5.39. The second-order valence-electron chi connectivity index (χ2n) is 5.39. The van der Waals surface area contributed by atoms with Crippen molar-refractivity contribution in [3.8, 4) is 5.75 Å². The van der Waals surface area contributed by atoms with E-state index in [0.29, 0.717) is 12.6 Å². The summed E-state index contributed by atoms with van der Waals surface area (Å²) < 4.78 is 5.83. The molecule has 4 rings (SSSR count). The molecular formula is C17H16N2O. The summed E-state index contributed by atoms with van der Waals surface area (Å²) in [6, 6.07) is 17.0. The van der Waals surface area contributed by atoms with Gasteiger partial charge in [0, 0.05) is 6.42 Å². The van der Waals surface area contributed by atoms with Gasteiger partial charge in [-0.1, -0.05) is 42.0 Å². The van der Waals surface area contributed by atoms with Crippen molar-refractivity contribution >= 4 is 11.4 Å². The molecule has 20 heavy (non-hydrogen) atoms. The molecule has 3 heteroatoms. The molecule has 2 aliphatic heterocycles. The van der Waals surface area contributed by atoms with E-state index in [9.17, 15) is 0 Å². The van der Waals surface area contributed by atoms with E-state index in [1.807, 2.05) is 18.2 Å². The smallest absolute Gasteiger partial charge is 0.144 e. The van der Waals surface area contributed by atoms with E-state index in [-0.39, 0.29) is 0 Å². The maximum absolute atomic E-state index is 5.83. The van der Waals surface area contributed by atoms with Crippen molar-refractivity contribution in [3.63, 3.8) is 0 Å². The van der Waals surface area contributed by atoms with Gasteiger partial charge in [0.1, 0.15) is 18.0 Å². The topological polar surface area (TPSA) is 24.8 Å². The van der Waals surface area contributed by atoms with Crippen LogP contribution in [0.2, 0.25) is 0 Å². The number of anilines is 1. The lowest BCUT2D eigenvalue weighted by Crippen LogP contribution is -2.36. The lowest BCUT2D eigenvalue weighted by molar-refractivity contribution is 0.271. The summed E-state index contributed by atoms with van der Waals surface area (Å²) in [6.07, 6.45) is 0.942. The van der Waals surface area contributed by atoms with Crippen molar-refractivity contribution in [1.82, 2.24) is 0 Å². The molecule has 0 fully saturated rings. The third-order valence-electron chi connectivity index (χ3n) is 3.93. The van der Waals surface area contributed by atoms with Crippen molar-refractivity contribution in [2.45, 2.75) is 19.4 Å². The van der Waals surface area contributed by atoms with Crippen LogP contribution in [-0.2, 0) is 0 Å². The number of para-hydroxylation sites is 2. The van der Waals surface area contributed by atoms with Gasteiger partial charge in [0.15, 0.2) is 0 Å². The largest absolute Gasteiger partial charge is 0.489 e. The molecule has 1 unspecified atom stereocenters. The number of fused-ring (bicyclic) bond motifs is 3. The molecule has 0 amide bonds. The lowest BCUT2D eigenvalue weighted by atomic mass is 10.0. The van der Waals surface area contributed by atoms with E-state index in [1.165, 1.54) is 11.1 Å². The minimum Gasteiger partial charge on any atom is -0.489 e. The molecule has 0 radical (unpaired) electrons. The van der Waals surface area contributed by atoms with Crippen LogP contribution in [-0.4, -0.2) is 18.4 Å². The summed E-state index contributed by atoms with van der Waals surface area (Å²) in [4.78, 5) is 0. The van der Waals surface area contributed by atoms with Crippen LogP contribution in [0, 0.1) is 6.92 Å². The maximum Gasteiger partial charge on any atom is 0.144 e. The van der Waals surface area contributed by atoms with Gasteiger partial charge in [0.25, 0.3) is 0 Å². The molecule has 100 valence electrons. The predicted molar refractivity (Wildman–Crippen MR) is 80.5 cm³/mol. The van der Waals surface area contributed by atoms with Crippen LogP contribution in [0.5, 0.6) is 5.75 Å². The molecule has 0 saturated carbocycles. The molecule has 0 saturated heterocycles. The Morgan fingerprint density at radius 3 is 2.75 bits per heavy atom. The summed E-state index contributed by atoms with van der Waals surface area (Å²) >= 11 is 0. The Hall–Kier alpha value is -2.29. The first kappa shape index (κ1) is 11.5.